The molecule has 0 unspecified atom stereocenters. The van der Waals surface area contributed by atoms with Gasteiger partial charge in [0.25, 0.3) is 0 Å². The zero-order chi connectivity index (χ0) is 9.84. The van der Waals surface area contributed by atoms with Gasteiger partial charge in [-0.2, -0.15) is 8.78 Å². The van der Waals surface area contributed by atoms with Gasteiger partial charge in [0, 0.05) is 12.7 Å². The van der Waals surface area contributed by atoms with Crippen LogP contribution in [0.4, 0.5) is 8.78 Å². The normalized spacial score (nSPS) is 10.5. The molecular weight excluding hydrogens is 246 g/mol. The van der Waals surface area contributed by atoms with Crippen molar-refractivity contribution in [3.63, 3.8) is 0 Å². The van der Waals surface area contributed by atoms with Gasteiger partial charge in [0.15, 0.2) is 0 Å². The molecule has 6 heteroatoms. The van der Waals surface area contributed by atoms with Gasteiger partial charge in [0.05, 0.1) is 4.47 Å². The molecule has 0 saturated heterocycles. The number of rotatable bonds is 3. The Morgan fingerprint density at radius 1 is 1.62 bits per heavy atom. The summed E-state index contributed by atoms with van der Waals surface area (Å²) in [4.78, 5) is 3.66. The number of ether oxygens (including phenoxy) is 1. The summed E-state index contributed by atoms with van der Waals surface area (Å²) in [6.07, 6.45) is 1.39. The maximum Gasteiger partial charge on any atom is 0.388 e. The van der Waals surface area contributed by atoms with Gasteiger partial charge in [-0.1, -0.05) is 0 Å². The maximum absolute atomic E-state index is 11.8. The summed E-state index contributed by atoms with van der Waals surface area (Å²) in [5.41, 5.74) is 6.06. The number of hydrogen-bond donors (Lipinski definition) is 1. The monoisotopic (exact) mass is 252 g/mol. The van der Waals surface area contributed by atoms with Crippen molar-refractivity contribution >= 4 is 15.9 Å². The lowest BCUT2D eigenvalue weighted by Crippen LogP contribution is -2.05. The van der Waals surface area contributed by atoms with E-state index in [-0.39, 0.29) is 5.88 Å². The Balaban J connectivity index is 2.85. The van der Waals surface area contributed by atoms with Gasteiger partial charge in [-0.05, 0) is 27.6 Å². The van der Waals surface area contributed by atoms with Crippen LogP contribution < -0.4 is 10.5 Å². The molecule has 1 heterocycles. The predicted molar refractivity (Wildman–Crippen MR) is 46.5 cm³/mol. The number of halogens is 3. The average molecular weight is 253 g/mol. The second-order valence-electron chi connectivity index (χ2n) is 2.21. The highest BCUT2D eigenvalue weighted by Gasteiger charge is 2.09. The van der Waals surface area contributed by atoms with E-state index in [0.29, 0.717) is 11.0 Å². The summed E-state index contributed by atoms with van der Waals surface area (Å²) in [6.45, 7) is -2.56. The van der Waals surface area contributed by atoms with Crippen molar-refractivity contribution in [1.82, 2.24) is 4.98 Å². The lowest BCUT2D eigenvalue weighted by molar-refractivity contribution is -0.0534. The molecule has 2 N–H and O–H groups in total. The van der Waals surface area contributed by atoms with Crippen LogP contribution in [0.1, 0.15) is 5.56 Å². The summed E-state index contributed by atoms with van der Waals surface area (Å²) in [5.74, 6) is -0.132. The fraction of sp³-hybridized carbons (Fsp3) is 0.286. The SMILES string of the molecule is NCc1cnc(OC(F)F)c(Br)c1. The average Bonchev–Trinajstić information content (AvgIpc) is 2.08. The largest absolute Gasteiger partial charge is 0.416 e. The molecule has 1 aromatic heterocycles. The van der Waals surface area contributed by atoms with E-state index in [2.05, 4.69) is 25.7 Å². The molecule has 0 aliphatic rings. The van der Waals surface area contributed by atoms with Gasteiger partial charge in [0.1, 0.15) is 0 Å². The molecule has 0 atom stereocenters. The molecule has 72 valence electrons. The summed E-state index contributed by atoms with van der Waals surface area (Å²) >= 11 is 3.04. The number of alkyl halides is 2. The number of nitrogens with two attached hydrogens (primary N) is 1. The minimum absolute atomic E-state index is 0.132. The molecule has 0 aliphatic carbocycles. The number of hydrogen-bond acceptors (Lipinski definition) is 3. The smallest absolute Gasteiger partial charge is 0.388 e. The third-order valence-electron chi connectivity index (χ3n) is 1.30. The van der Waals surface area contributed by atoms with Gasteiger partial charge in [0.2, 0.25) is 5.88 Å². The van der Waals surface area contributed by atoms with Gasteiger partial charge in [-0.15, -0.1) is 0 Å². The first kappa shape index (κ1) is 10.3. The van der Waals surface area contributed by atoms with Gasteiger partial charge in [-0.3, -0.25) is 0 Å². The third-order valence-corrected chi connectivity index (χ3v) is 1.87. The Hall–Kier alpha value is -0.750. The molecule has 0 bridgehead atoms. The summed E-state index contributed by atoms with van der Waals surface area (Å²) < 4.78 is 28.0. The minimum atomic E-state index is -2.87. The fourth-order valence-electron chi connectivity index (χ4n) is 0.748. The topological polar surface area (TPSA) is 48.1 Å². The highest BCUT2D eigenvalue weighted by atomic mass is 79.9. The van der Waals surface area contributed by atoms with Crippen LogP contribution in [-0.2, 0) is 6.54 Å². The Morgan fingerprint density at radius 3 is 2.77 bits per heavy atom. The summed E-state index contributed by atoms with van der Waals surface area (Å²) in [5, 5.41) is 0. The van der Waals surface area contributed by atoms with Crippen molar-refractivity contribution in [3.05, 3.63) is 22.3 Å². The Morgan fingerprint density at radius 2 is 2.31 bits per heavy atom. The second kappa shape index (κ2) is 4.48. The van der Waals surface area contributed by atoms with E-state index >= 15 is 0 Å². The second-order valence-corrected chi connectivity index (χ2v) is 3.07. The van der Waals surface area contributed by atoms with E-state index in [9.17, 15) is 8.78 Å². The van der Waals surface area contributed by atoms with Crippen LogP contribution >= 0.6 is 15.9 Å². The van der Waals surface area contributed by atoms with Crippen molar-refractivity contribution in [1.29, 1.82) is 0 Å². The molecule has 0 saturated carbocycles. The Labute approximate surface area is 82.0 Å². The van der Waals surface area contributed by atoms with Crippen LogP contribution in [0.5, 0.6) is 5.88 Å². The zero-order valence-electron chi connectivity index (χ0n) is 6.51. The molecule has 0 radical (unpaired) electrons. The molecular formula is C7H7BrF2N2O. The summed E-state index contributed by atoms with van der Waals surface area (Å²) in [7, 11) is 0. The maximum atomic E-state index is 11.8. The minimum Gasteiger partial charge on any atom is -0.416 e. The van der Waals surface area contributed by atoms with Crippen molar-refractivity contribution in [3.8, 4) is 5.88 Å². The van der Waals surface area contributed by atoms with Crippen molar-refractivity contribution in [2.75, 3.05) is 0 Å². The highest BCUT2D eigenvalue weighted by molar-refractivity contribution is 9.10. The zero-order valence-corrected chi connectivity index (χ0v) is 8.09. The summed E-state index contributed by atoms with van der Waals surface area (Å²) in [6, 6.07) is 1.59. The number of nitrogens with zero attached hydrogens (tertiary/aromatic N) is 1. The van der Waals surface area contributed by atoms with E-state index in [1.807, 2.05) is 0 Å². The first-order chi connectivity index (χ1) is 6.13. The molecule has 0 aliphatic heterocycles. The third kappa shape index (κ3) is 2.89. The Kier molecular flexibility index (Phi) is 3.56. The Bertz CT molecular complexity index is 296. The first-order valence-electron chi connectivity index (χ1n) is 3.42. The number of aromatic nitrogens is 1. The first-order valence-corrected chi connectivity index (χ1v) is 4.22. The lowest BCUT2D eigenvalue weighted by atomic mass is 10.3. The van der Waals surface area contributed by atoms with Gasteiger partial charge >= 0.3 is 6.61 Å². The highest BCUT2D eigenvalue weighted by Crippen LogP contribution is 2.24. The molecule has 13 heavy (non-hydrogen) atoms. The standard InChI is InChI=1S/C7H7BrF2N2O/c8-5-1-4(2-11)3-12-6(5)13-7(9)10/h1,3,7H,2,11H2. The van der Waals surface area contributed by atoms with Crippen LogP contribution in [0.2, 0.25) is 0 Å². The van der Waals surface area contributed by atoms with Crippen LogP contribution in [0.3, 0.4) is 0 Å². The molecule has 0 spiro atoms. The van der Waals surface area contributed by atoms with Crippen LogP contribution in [0.15, 0.2) is 16.7 Å². The van der Waals surface area contributed by atoms with Crippen LogP contribution in [0.25, 0.3) is 0 Å². The fourth-order valence-corrected chi connectivity index (χ4v) is 1.24. The quantitative estimate of drug-likeness (QED) is 0.894. The van der Waals surface area contributed by atoms with E-state index in [0.717, 1.165) is 5.56 Å². The molecule has 0 amide bonds. The van der Waals surface area contributed by atoms with E-state index in [1.54, 1.807) is 6.07 Å². The van der Waals surface area contributed by atoms with Gasteiger partial charge < -0.3 is 10.5 Å². The molecule has 1 rings (SSSR count). The molecule has 3 nitrogen and oxygen atoms in total. The van der Waals surface area contributed by atoms with Crippen LogP contribution in [0, 0.1) is 0 Å². The molecule has 0 fully saturated rings. The van der Waals surface area contributed by atoms with E-state index in [1.165, 1.54) is 6.20 Å². The number of pyridine rings is 1. The lowest BCUT2D eigenvalue weighted by Gasteiger charge is -2.05. The van der Waals surface area contributed by atoms with Crippen LogP contribution in [-0.4, -0.2) is 11.6 Å². The van der Waals surface area contributed by atoms with Crippen molar-refractivity contribution in [2.24, 2.45) is 5.73 Å². The molecule has 1 aromatic rings. The van der Waals surface area contributed by atoms with E-state index < -0.39 is 6.61 Å². The van der Waals surface area contributed by atoms with Gasteiger partial charge in [-0.25, -0.2) is 4.98 Å². The molecule has 0 aromatic carbocycles. The van der Waals surface area contributed by atoms with Crippen molar-refractivity contribution < 1.29 is 13.5 Å². The van der Waals surface area contributed by atoms with E-state index in [4.69, 9.17) is 5.73 Å². The predicted octanol–water partition coefficient (Wildman–Crippen LogP) is 1.90. The van der Waals surface area contributed by atoms with Crippen molar-refractivity contribution in [2.45, 2.75) is 13.2 Å².